The van der Waals surface area contributed by atoms with E-state index in [0.29, 0.717) is 16.5 Å². The van der Waals surface area contributed by atoms with Gasteiger partial charge in [0, 0.05) is 23.7 Å². The molecule has 154 valence electrons. The van der Waals surface area contributed by atoms with Gasteiger partial charge in [-0.2, -0.15) is 5.10 Å². The van der Waals surface area contributed by atoms with Crippen LogP contribution >= 0.6 is 12.6 Å². The number of aromatic hydroxyl groups is 1. The van der Waals surface area contributed by atoms with Gasteiger partial charge in [-0.25, -0.2) is 0 Å². The number of likely N-dealkylation sites (tertiary alicyclic amines) is 1. The van der Waals surface area contributed by atoms with Crippen molar-refractivity contribution < 1.29 is 5.11 Å². The number of phenolic OH excluding ortho intramolecular Hbond substituents is 1. The fourth-order valence-corrected chi connectivity index (χ4v) is 4.45. The van der Waals surface area contributed by atoms with E-state index < -0.39 is 0 Å². The van der Waals surface area contributed by atoms with Gasteiger partial charge in [0.1, 0.15) is 5.75 Å². The van der Waals surface area contributed by atoms with Crippen molar-refractivity contribution in [3.05, 3.63) is 47.7 Å². The molecule has 5 rings (SSSR count). The minimum absolute atomic E-state index is 0.126. The third-order valence-corrected chi connectivity index (χ3v) is 6.07. The minimum atomic E-state index is 0.126. The van der Waals surface area contributed by atoms with E-state index in [9.17, 15) is 5.11 Å². The van der Waals surface area contributed by atoms with Crippen LogP contribution in [0.1, 0.15) is 31.0 Å². The highest BCUT2D eigenvalue weighted by Gasteiger charge is 2.19. The Hall–Kier alpha value is -2.84. The van der Waals surface area contributed by atoms with Crippen LogP contribution in [0.25, 0.3) is 28.0 Å². The molecule has 30 heavy (non-hydrogen) atoms. The van der Waals surface area contributed by atoms with E-state index in [2.05, 4.69) is 69.1 Å². The average Bonchev–Trinajstić information content (AvgIpc) is 3.48. The summed E-state index contributed by atoms with van der Waals surface area (Å²) in [6.07, 6.45) is 3.37. The molecule has 2 aromatic carbocycles. The Balaban J connectivity index is 1.53. The summed E-state index contributed by atoms with van der Waals surface area (Å²) in [5.41, 5.74) is 4.55. The standard InChI is InChI=1S/C22H24N6OS/c1-2-18-16-11-17(20(29)12-19(16)24-23-18)21-25-26-22(30)28(21)15-7-5-14(6-8-15)13-27-9-3-4-10-27/h5-8,11-12,29H,2-4,9-10,13H2,1H3,(H,23,24)(H,26,30). The van der Waals surface area contributed by atoms with Crippen molar-refractivity contribution in [2.75, 3.05) is 13.1 Å². The maximum atomic E-state index is 10.7. The van der Waals surface area contributed by atoms with E-state index in [4.69, 9.17) is 0 Å². The highest BCUT2D eigenvalue weighted by Crippen LogP contribution is 2.35. The first kappa shape index (κ1) is 19.1. The van der Waals surface area contributed by atoms with Gasteiger partial charge in [-0.15, -0.1) is 22.8 Å². The van der Waals surface area contributed by atoms with Gasteiger partial charge in [-0.1, -0.05) is 19.1 Å². The van der Waals surface area contributed by atoms with Crippen molar-refractivity contribution in [2.24, 2.45) is 0 Å². The molecule has 1 fully saturated rings. The summed E-state index contributed by atoms with van der Waals surface area (Å²) in [6.45, 7) is 5.38. The summed E-state index contributed by atoms with van der Waals surface area (Å²) in [5, 5.41) is 27.9. The second-order valence-electron chi connectivity index (χ2n) is 7.75. The van der Waals surface area contributed by atoms with E-state index >= 15 is 0 Å². The smallest absolute Gasteiger partial charge is 0.193 e. The Morgan fingerprint density at radius 2 is 1.87 bits per heavy atom. The van der Waals surface area contributed by atoms with Crippen molar-refractivity contribution in [3.8, 4) is 22.8 Å². The second kappa shape index (κ2) is 7.77. The Kier molecular flexibility index (Phi) is 4.96. The summed E-state index contributed by atoms with van der Waals surface area (Å²) >= 11 is 4.52. The number of aromatic nitrogens is 5. The van der Waals surface area contributed by atoms with Crippen molar-refractivity contribution in [1.29, 1.82) is 0 Å². The maximum Gasteiger partial charge on any atom is 0.193 e. The van der Waals surface area contributed by atoms with Gasteiger partial charge in [0.2, 0.25) is 0 Å². The van der Waals surface area contributed by atoms with Crippen LogP contribution in [0.2, 0.25) is 0 Å². The number of aryl methyl sites for hydroxylation is 1. The average molecular weight is 421 g/mol. The number of H-pyrrole nitrogens is 1. The molecular weight excluding hydrogens is 396 g/mol. The number of hydrogen-bond donors (Lipinski definition) is 3. The molecule has 0 atom stereocenters. The number of aromatic amines is 1. The van der Waals surface area contributed by atoms with Crippen LogP contribution in [0, 0.1) is 0 Å². The van der Waals surface area contributed by atoms with Gasteiger partial charge in [-0.3, -0.25) is 14.6 Å². The molecule has 0 bridgehead atoms. The van der Waals surface area contributed by atoms with Gasteiger partial charge in [0.05, 0.1) is 16.8 Å². The lowest BCUT2D eigenvalue weighted by Crippen LogP contribution is -2.18. The highest BCUT2D eigenvalue weighted by molar-refractivity contribution is 7.80. The van der Waals surface area contributed by atoms with Crippen LogP contribution in [0.15, 0.2) is 41.6 Å². The molecule has 0 unspecified atom stereocenters. The third kappa shape index (κ3) is 3.36. The van der Waals surface area contributed by atoms with Crippen molar-refractivity contribution in [2.45, 2.75) is 37.9 Å². The largest absolute Gasteiger partial charge is 0.507 e. The Bertz CT molecular complexity index is 1190. The molecule has 1 saturated heterocycles. The summed E-state index contributed by atoms with van der Waals surface area (Å²) in [5.74, 6) is 0.677. The van der Waals surface area contributed by atoms with Crippen LogP contribution in [-0.4, -0.2) is 48.1 Å². The number of fused-ring (bicyclic) bond motifs is 1. The Morgan fingerprint density at radius 1 is 1.10 bits per heavy atom. The first-order chi connectivity index (χ1) is 14.6. The second-order valence-corrected chi connectivity index (χ2v) is 8.15. The Morgan fingerprint density at radius 3 is 2.60 bits per heavy atom. The quantitative estimate of drug-likeness (QED) is 0.426. The molecule has 2 N–H and O–H groups in total. The van der Waals surface area contributed by atoms with Crippen LogP contribution in [-0.2, 0) is 13.0 Å². The van der Waals surface area contributed by atoms with Crippen molar-refractivity contribution in [3.63, 3.8) is 0 Å². The van der Waals surface area contributed by atoms with E-state index in [0.717, 1.165) is 35.2 Å². The van der Waals surface area contributed by atoms with Crippen molar-refractivity contribution >= 4 is 23.5 Å². The first-order valence-corrected chi connectivity index (χ1v) is 10.7. The number of nitrogens with one attached hydrogen (secondary N) is 1. The number of thiol groups is 1. The lowest BCUT2D eigenvalue weighted by Gasteiger charge is -2.15. The number of nitrogens with zero attached hydrogens (tertiary/aromatic N) is 5. The van der Waals surface area contributed by atoms with Gasteiger partial charge >= 0.3 is 0 Å². The molecule has 0 aliphatic carbocycles. The molecule has 7 nitrogen and oxygen atoms in total. The van der Waals surface area contributed by atoms with Gasteiger partial charge in [0.15, 0.2) is 11.0 Å². The zero-order chi connectivity index (χ0) is 20.7. The van der Waals surface area contributed by atoms with E-state index in [1.165, 1.54) is 31.5 Å². The number of rotatable bonds is 5. The number of hydrogen-bond acceptors (Lipinski definition) is 6. The van der Waals surface area contributed by atoms with E-state index in [-0.39, 0.29) is 5.75 Å². The molecule has 0 radical (unpaired) electrons. The van der Waals surface area contributed by atoms with Gasteiger partial charge in [-0.05, 0) is 56.1 Å². The van der Waals surface area contributed by atoms with Crippen LogP contribution < -0.4 is 0 Å². The fraction of sp³-hybridized carbons (Fsp3) is 0.318. The Labute approximate surface area is 180 Å². The lowest BCUT2D eigenvalue weighted by atomic mass is 10.1. The van der Waals surface area contributed by atoms with E-state index in [1.807, 2.05) is 10.6 Å². The molecule has 8 heteroatoms. The fourth-order valence-electron chi connectivity index (χ4n) is 4.19. The molecule has 0 amide bonds. The first-order valence-electron chi connectivity index (χ1n) is 10.3. The normalized spacial score (nSPS) is 14.7. The molecule has 1 aliphatic heterocycles. The predicted molar refractivity (Wildman–Crippen MR) is 119 cm³/mol. The van der Waals surface area contributed by atoms with Gasteiger partial charge < -0.3 is 5.11 Å². The summed E-state index contributed by atoms with van der Waals surface area (Å²) < 4.78 is 1.86. The SMILES string of the molecule is CCc1n[nH]c2cc(O)c(-c3nnc(S)n3-c3ccc(CN4CCCC4)cc3)cc12. The summed E-state index contributed by atoms with van der Waals surface area (Å²) in [7, 11) is 0. The zero-order valence-corrected chi connectivity index (χ0v) is 17.7. The lowest BCUT2D eigenvalue weighted by molar-refractivity contribution is 0.331. The van der Waals surface area contributed by atoms with Crippen LogP contribution in [0.3, 0.4) is 0 Å². The van der Waals surface area contributed by atoms with Crippen LogP contribution in [0.5, 0.6) is 5.75 Å². The van der Waals surface area contributed by atoms with Crippen LogP contribution in [0.4, 0.5) is 0 Å². The zero-order valence-electron chi connectivity index (χ0n) is 16.8. The molecular formula is C22H24N6OS. The monoisotopic (exact) mass is 420 g/mol. The minimum Gasteiger partial charge on any atom is -0.507 e. The topological polar surface area (TPSA) is 82.9 Å². The van der Waals surface area contributed by atoms with Gasteiger partial charge in [0.25, 0.3) is 0 Å². The number of benzene rings is 2. The maximum absolute atomic E-state index is 10.7. The summed E-state index contributed by atoms with van der Waals surface area (Å²) in [6, 6.07) is 12.0. The third-order valence-electron chi connectivity index (χ3n) is 5.78. The summed E-state index contributed by atoms with van der Waals surface area (Å²) in [4.78, 5) is 2.48. The molecule has 1 aliphatic rings. The predicted octanol–water partition coefficient (Wildman–Crippen LogP) is 3.96. The van der Waals surface area contributed by atoms with Crippen molar-refractivity contribution in [1.82, 2.24) is 29.9 Å². The van der Waals surface area contributed by atoms with E-state index in [1.54, 1.807) is 6.07 Å². The molecule has 2 aromatic heterocycles. The number of phenols is 1. The molecule has 3 heterocycles. The highest BCUT2D eigenvalue weighted by atomic mass is 32.1. The molecule has 0 spiro atoms. The molecule has 0 saturated carbocycles. The molecule has 4 aromatic rings.